The lowest BCUT2D eigenvalue weighted by Gasteiger charge is -2.31. The van der Waals surface area contributed by atoms with E-state index in [4.69, 9.17) is 4.74 Å². The van der Waals surface area contributed by atoms with E-state index in [2.05, 4.69) is 69.0 Å². The summed E-state index contributed by atoms with van der Waals surface area (Å²) >= 11 is 0. The maximum atomic E-state index is 5.58. The van der Waals surface area contributed by atoms with Crippen LogP contribution in [0.1, 0.15) is 18.4 Å². The molecule has 1 aliphatic heterocycles. The van der Waals surface area contributed by atoms with Crippen molar-refractivity contribution < 1.29 is 4.74 Å². The zero-order valence-corrected chi connectivity index (χ0v) is 17.5. The van der Waals surface area contributed by atoms with Crippen LogP contribution in [0.2, 0.25) is 0 Å². The van der Waals surface area contributed by atoms with Gasteiger partial charge in [0.2, 0.25) is 0 Å². The van der Waals surface area contributed by atoms with Crippen LogP contribution in [0.25, 0.3) is 17.0 Å². The molecule has 1 N–H and O–H groups in total. The number of anilines is 1. The van der Waals surface area contributed by atoms with Gasteiger partial charge in [-0.1, -0.05) is 48.5 Å². The first kappa shape index (κ1) is 19.5. The zero-order valence-electron chi connectivity index (χ0n) is 17.5. The van der Waals surface area contributed by atoms with Crippen molar-refractivity contribution >= 4 is 29.0 Å². The van der Waals surface area contributed by atoms with Crippen LogP contribution in [0, 0.1) is 0 Å². The quantitative estimate of drug-likeness (QED) is 0.470. The molecule has 3 aromatic rings. The van der Waals surface area contributed by atoms with Gasteiger partial charge in [-0.05, 0) is 53.8 Å². The molecule has 2 aliphatic rings. The van der Waals surface area contributed by atoms with Crippen LogP contribution in [0.15, 0.2) is 88.7 Å². The number of fused-ring (bicyclic) bond motifs is 1. The number of morpholine rings is 1. The smallest absolute Gasteiger partial charge is 0.146 e. The summed E-state index contributed by atoms with van der Waals surface area (Å²) in [6.45, 7) is 3.37. The van der Waals surface area contributed by atoms with E-state index in [0.717, 1.165) is 55.9 Å². The zero-order chi connectivity index (χ0) is 20.9. The van der Waals surface area contributed by atoms with Crippen molar-refractivity contribution in [2.45, 2.75) is 12.8 Å². The van der Waals surface area contributed by atoms with Crippen LogP contribution in [-0.4, -0.2) is 42.4 Å². The second-order valence-corrected chi connectivity index (χ2v) is 7.81. The van der Waals surface area contributed by atoms with Crippen molar-refractivity contribution in [3.8, 4) is 0 Å². The van der Waals surface area contributed by atoms with Gasteiger partial charge in [-0.3, -0.25) is 5.43 Å². The predicted molar refractivity (Wildman–Crippen MR) is 127 cm³/mol. The number of hydrogen-bond donors (Lipinski definition) is 1. The lowest BCUT2D eigenvalue weighted by atomic mass is 10.1. The highest BCUT2D eigenvalue weighted by Crippen LogP contribution is 2.35. The van der Waals surface area contributed by atoms with E-state index in [1.54, 1.807) is 0 Å². The molecular formula is C26H26N4O. The molecule has 1 aromatic heterocycles. The van der Waals surface area contributed by atoms with Crippen LogP contribution < -0.4 is 5.43 Å². The molecule has 1 aliphatic carbocycles. The van der Waals surface area contributed by atoms with E-state index < -0.39 is 0 Å². The molecule has 0 spiro atoms. The van der Waals surface area contributed by atoms with Gasteiger partial charge in [0.05, 0.1) is 24.9 Å². The highest BCUT2D eigenvalue weighted by Gasteiger charge is 2.25. The minimum Gasteiger partial charge on any atom is -0.378 e. The lowest BCUT2D eigenvalue weighted by molar-refractivity contribution is 0.0548. The van der Waals surface area contributed by atoms with Gasteiger partial charge in [-0.25, -0.2) is 4.98 Å². The molecule has 156 valence electrons. The number of nitrogens with one attached hydrogen (secondary N) is 1. The van der Waals surface area contributed by atoms with E-state index in [0.29, 0.717) is 0 Å². The number of hydrogen-bond acceptors (Lipinski definition) is 5. The molecule has 2 heterocycles. The fourth-order valence-corrected chi connectivity index (χ4v) is 4.23. The van der Waals surface area contributed by atoms with E-state index in [1.165, 1.54) is 22.4 Å². The first-order valence-electron chi connectivity index (χ1n) is 10.8. The first-order chi connectivity index (χ1) is 15.4. The van der Waals surface area contributed by atoms with Crippen LogP contribution in [0.3, 0.4) is 0 Å². The van der Waals surface area contributed by atoms with E-state index in [1.807, 2.05) is 30.5 Å². The van der Waals surface area contributed by atoms with Gasteiger partial charge >= 0.3 is 0 Å². The highest BCUT2D eigenvalue weighted by molar-refractivity contribution is 5.84. The summed E-state index contributed by atoms with van der Waals surface area (Å²) in [7, 11) is 0. The van der Waals surface area contributed by atoms with Gasteiger partial charge in [0.25, 0.3) is 0 Å². The van der Waals surface area contributed by atoms with E-state index in [-0.39, 0.29) is 0 Å². The third kappa shape index (κ3) is 4.52. The Labute approximate surface area is 182 Å². The number of ether oxygens (including phenoxy) is 1. The number of pyridine rings is 1. The molecule has 0 atom stereocenters. The molecule has 0 bridgehead atoms. The van der Waals surface area contributed by atoms with Gasteiger partial charge in [0.15, 0.2) is 0 Å². The monoisotopic (exact) mass is 410 g/mol. The van der Waals surface area contributed by atoms with Crippen molar-refractivity contribution in [1.29, 1.82) is 0 Å². The highest BCUT2D eigenvalue weighted by atomic mass is 16.5. The van der Waals surface area contributed by atoms with Crippen LogP contribution in [-0.2, 0) is 4.74 Å². The summed E-state index contributed by atoms with van der Waals surface area (Å²) < 4.78 is 5.58. The summed E-state index contributed by atoms with van der Waals surface area (Å²) in [6, 6.07) is 22.7. The number of hydrazone groups is 1. The predicted octanol–water partition coefficient (Wildman–Crippen LogP) is 5.10. The third-order valence-corrected chi connectivity index (χ3v) is 5.74. The van der Waals surface area contributed by atoms with Gasteiger partial charge < -0.3 is 9.64 Å². The summed E-state index contributed by atoms with van der Waals surface area (Å²) in [5.41, 5.74) is 9.26. The molecule has 1 saturated heterocycles. The molecule has 5 heteroatoms. The number of benzene rings is 2. The average molecular weight is 411 g/mol. The van der Waals surface area contributed by atoms with Crippen molar-refractivity contribution in [2.24, 2.45) is 5.10 Å². The number of aromatic nitrogens is 1. The molecule has 1 fully saturated rings. The molecule has 0 radical (unpaired) electrons. The maximum absolute atomic E-state index is 5.58. The molecule has 0 amide bonds. The standard InChI is InChI=1S/C26H26N4O/c1-2-6-20(7-3-1)18-22-10-11-23(26(22)30-14-16-31-17-15-30)19-27-29-25-13-12-21-8-4-5-9-24(21)28-25/h1-9,12-13,18-19H,10-11,14-17H2,(H,28,29)/b22-18-,27-19+. The number of para-hydroxylation sites is 1. The molecule has 2 aromatic carbocycles. The summed E-state index contributed by atoms with van der Waals surface area (Å²) in [6.07, 6.45) is 6.29. The molecule has 5 nitrogen and oxygen atoms in total. The molecule has 31 heavy (non-hydrogen) atoms. The SMILES string of the molecule is C(=C1\CCC(/C=N/Nc2ccc3ccccc3n2)=C1N1CCOCC1)/c1ccccc1. The second-order valence-electron chi connectivity index (χ2n) is 7.81. The van der Waals surface area contributed by atoms with Crippen LogP contribution >= 0.6 is 0 Å². The van der Waals surface area contributed by atoms with Gasteiger partial charge in [0.1, 0.15) is 5.82 Å². The van der Waals surface area contributed by atoms with Crippen molar-refractivity contribution in [3.05, 3.63) is 89.1 Å². The van der Waals surface area contributed by atoms with E-state index in [9.17, 15) is 0 Å². The topological polar surface area (TPSA) is 49.8 Å². The maximum Gasteiger partial charge on any atom is 0.146 e. The lowest BCUT2D eigenvalue weighted by Crippen LogP contribution is -2.36. The minimum atomic E-state index is 0.751. The third-order valence-electron chi connectivity index (χ3n) is 5.74. The summed E-state index contributed by atoms with van der Waals surface area (Å²) in [5.74, 6) is 0.751. The fraction of sp³-hybridized carbons (Fsp3) is 0.231. The second kappa shape index (κ2) is 9.14. The number of nitrogens with zero attached hydrogens (tertiary/aromatic N) is 3. The molecular weight excluding hydrogens is 384 g/mol. The summed E-state index contributed by atoms with van der Waals surface area (Å²) in [5, 5.41) is 5.66. The Morgan fingerprint density at radius 1 is 0.903 bits per heavy atom. The Morgan fingerprint density at radius 3 is 2.58 bits per heavy atom. The van der Waals surface area contributed by atoms with Crippen molar-refractivity contribution in [3.63, 3.8) is 0 Å². The Hall–Kier alpha value is -3.44. The van der Waals surface area contributed by atoms with Crippen molar-refractivity contribution in [1.82, 2.24) is 9.88 Å². The normalized spacial score (nSPS) is 18.5. The Bertz CT molecular complexity index is 1140. The largest absolute Gasteiger partial charge is 0.378 e. The van der Waals surface area contributed by atoms with Crippen LogP contribution in [0.4, 0.5) is 5.82 Å². The van der Waals surface area contributed by atoms with Crippen LogP contribution in [0.5, 0.6) is 0 Å². The summed E-state index contributed by atoms with van der Waals surface area (Å²) in [4.78, 5) is 7.09. The first-order valence-corrected chi connectivity index (χ1v) is 10.8. The number of allylic oxidation sites excluding steroid dienone is 2. The van der Waals surface area contributed by atoms with E-state index >= 15 is 0 Å². The number of rotatable bonds is 5. The molecule has 0 unspecified atom stereocenters. The molecule has 0 saturated carbocycles. The Kier molecular flexibility index (Phi) is 5.76. The average Bonchev–Trinajstić information content (AvgIpc) is 3.22. The van der Waals surface area contributed by atoms with Crippen molar-refractivity contribution in [2.75, 3.05) is 31.7 Å². The Balaban J connectivity index is 1.41. The minimum absolute atomic E-state index is 0.751. The fourth-order valence-electron chi connectivity index (χ4n) is 4.23. The van der Waals surface area contributed by atoms with Gasteiger partial charge in [-0.15, -0.1) is 0 Å². The van der Waals surface area contributed by atoms with Gasteiger partial charge in [0, 0.05) is 24.2 Å². The Morgan fingerprint density at radius 2 is 1.71 bits per heavy atom. The van der Waals surface area contributed by atoms with Gasteiger partial charge in [-0.2, -0.15) is 5.10 Å². The molecule has 5 rings (SSSR count).